The van der Waals surface area contributed by atoms with Gasteiger partial charge in [0.2, 0.25) is 0 Å². The van der Waals surface area contributed by atoms with Gasteiger partial charge in [-0.3, -0.25) is 9.48 Å². The predicted molar refractivity (Wildman–Crippen MR) is 121 cm³/mol. The summed E-state index contributed by atoms with van der Waals surface area (Å²) in [5.74, 6) is -0.910. The number of aromatic nitrogens is 2. The number of rotatable bonds is 6. The van der Waals surface area contributed by atoms with Crippen molar-refractivity contribution < 1.29 is 32.2 Å². The summed E-state index contributed by atoms with van der Waals surface area (Å²) in [4.78, 5) is 25.2. The average molecular weight is 514 g/mol. The van der Waals surface area contributed by atoms with Crippen LogP contribution in [0.4, 0.5) is 13.2 Å². The van der Waals surface area contributed by atoms with Crippen molar-refractivity contribution in [1.29, 1.82) is 0 Å². The van der Waals surface area contributed by atoms with Crippen molar-refractivity contribution in [3.05, 3.63) is 51.3 Å². The lowest BCUT2D eigenvalue weighted by molar-refractivity contribution is -0.137. The Bertz CT molecular complexity index is 1110. The Morgan fingerprint density at radius 1 is 1.31 bits per heavy atom. The lowest BCUT2D eigenvalue weighted by Gasteiger charge is -2.36. The average Bonchev–Trinajstić information content (AvgIpc) is 3.10. The first-order valence-corrected chi connectivity index (χ1v) is 12.0. The van der Waals surface area contributed by atoms with Crippen molar-refractivity contribution in [2.24, 2.45) is 5.41 Å². The van der Waals surface area contributed by atoms with Gasteiger partial charge in [-0.15, -0.1) is 0 Å². The molecule has 1 amide bonds. The van der Waals surface area contributed by atoms with Gasteiger partial charge in [0, 0.05) is 32.7 Å². The molecule has 4 rings (SSSR count). The minimum atomic E-state index is -4.55. The molecule has 11 heteroatoms. The van der Waals surface area contributed by atoms with E-state index in [1.54, 1.807) is 0 Å². The highest BCUT2D eigenvalue weighted by atomic mass is 35.5. The molecule has 35 heavy (non-hydrogen) atoms. The van der Waals surface area contributed by atoms with E-state index in [2.05, 4.69) is 10.4 Å². The lowest BCUT2D eigenvalue weighted by Crippen LogP contribution is -2.40. The Balaban J connectivity index is 1.43. The number of halogens is 4. The van der Waals surface area contributed by atoms with Gasteiger partial charge in [0.15, 0.2) is 0 Å². The molecular weight excluding hydrogens is 487 g/mol. The number of amides is 1. The second-order valence-corrected chi connectivity index (χ2v) is 9.41. The Kier molecular flexibility index (Phi) is 7.42. The normalized spacial score (nSPS) is 17.6. The molecule has 3 heterocycles. The van der Waals surface area contributed by atoms with E-state index in [4.69, 9.17) is 21.1 Å². The molecule has 2 aromatic rings. The number of nitrogens with one attached hydrogen (secondary N) is 1. The molecule has 0 aliphatic carbocycles. The zero-order valence-electron chi connectivity index (χ0n) is 19.3. The number of fused-ring (bicyclic) bond motifs is 1. The summed E-state index contributed by atoms with van der Waals surface area (Å²) in [6.07, 6.45) is -1.11. The van der Waals surface area contributed by atoms with Crippen LogP contribution >= 0.6 is 11.6 Å². The van der Waals surface area contributed by atoms with Gasteiger partial charge in [-0.25, -0.2) is 4.79 Å². The van der Waals surface area contributed by atoms with Crippen LogP contribution in [0.3, 0.4) is 0 Å². The van der Waals surface area contributed by atoms with E-state index in [1.165, 1.54) is 0 Å². The van der Waals surface area contributed by atoms with Crippen molar-refractivity contribution >= 4 is 23.5 Å². The van der Waals surface area contributed by atoms with Crippen molar-refractivity contribution in [3.8, 4) is 0 Å². The number of carbonyl (C=O) groups is 2. The van der Waals surface area contributed by atoms with E-state index in [0.717, 1.165) is 36.4 Å². The van der Waals surface area contributed by atoms with Gasteiger partial charge >= 0.3 is 12.1 Å². The summed E-state index contributed by atoms with van der Waals surface area (Å²) in [6.45, 7) is 4.31. The molecular formula is C24H27ClF3N3O4. The van der Waals surface area contributed by atoms with Crippen LogP contribution in [0.15, 0.2) is 18.2 Å². The van der Waals surface area contributed by atoms with Crippen LogP contribution in [-0.4, -0.2) is 48.0 Å². The summed E-state index contributed by atoms with van der Waals surface area (Å²) in [5.41, 5.74) is 1.11. The second-order valence-electron chi connectivity index (χ2n) is 9.00. The van der Waals surface area contributed by atoms with Crippen LogP contribution in [-0.2, 0) is 35.0 Å². The highest BCUT2D eigenvalue weighted by molar-refractivity contribution is 6.33. The van der Waals surface area contributed by atoms with Crippen molar-refractivity contribution in [1.82, 2.24) is 15.1 Å². The molecule has 1 N–H and O–H groups in total. The number of carbonyl (C=O) groups excluding carboxylic acids is 2. The Labute approximate surface area is 205 Å². The number of hydrogen-bond acceptors (Lipinski definition) is 5. The maximum absolute atomic E-state index is 12.9. The van der Waals surface area contributed by atoms with Gasteiger partial charge in [-0.2, -0.15) is 18.3 Å². The third kappa shape index (κ3) is 5.48. The van der Waals surface area contributed by atoms with Crippen LogP contribution in [0.2, 0.25) is 5.02 Å². The van der Waals surface area contributed by atoms with Gasteiger partial charge in [0.05, 0.1) is 39.7 Å². The first kappa shape index (κ1) is 25.5. The number of benzene rings is 1. The summed E-state index contributed by atoms with van der Waals surface area (Å²) in [5, 5.41) is 7.41. The van der Waals surface area contributed by atoms with Crippen molar-refractivity contribution in [3.63, 3.8) is 0 Å². The van der Waals surface area contributed by atoms with E-state index < -0.39 is 17.7 Å². The summed E-state index contributed by atoms with van der Waals surface area (Å²) in [7, 11) is 0. The van der Waals surface area contributed by atoms with Gasteiger partial charge in [-0.1, -0.05) is 18.5 Å². The molecule has 0 bridgehead atoms. The molecule has 1 aromatic carbocycles. The standard InChI is InChI=1S/C24H27ClF3N3O4/c1-2-18-20-19(13-23(14-29-21(20)32)6-10-34-11-7-23)31(30-18)8-3-9-35-22(33)16-5-4-15(12-17(16)25)24(26,27)28/h4-5,12H,2-3,6-11,13-14H2,1H3,(H,29,32). The molecule has 0 radical (unpaired) electrons. The minimum Gasteiger partial charge on any atom is -0.462 e. The number of alkyl halides is 3. The zero-order valence-corrected chi connectivity index (χ0v) is 20.1. The monoisotopic (exact) mass is 513 g/mol. The number of esters is 1. The van der Waals surface area contributed by atoms with Gasteiger partial charge in [0.1, 0.15) is 0 Å². The van der Waals surface area contributed by atoms with Gasteiger partial charge < -0.3 is 14.8 Å². The fraction of sp³-hybridized carbons (Fsp3) is 0.542. The lowest BCUT2D eigenvalue weighted by atomic mass is 9.76. The first-order chi connectivity index (χ1) is 16.6. The topological polar surface area (TPSA) is 82.5 Å². The Morgan fingerprint density at radius 2 is 2.06 bits per heavy atom. The minimum absolute atomic E-state index is 0.0253. The van der Waals surface area contributed by atoms with Crippen LogP contribution in [0.25, 0.3) is 0 Å². The van der Waals surface area contributed by atoms with Crippen LogP contribution in [0.1, 0.15) is 63.9 Å². The molecule has 0 unspecified atom stereocenters. The van der Waals surface area contributed by atoms with E-state index in [1.807, 2.05) is 11.6 Å². The van der Waals surface area contributed by atoms with E-state index in [9.17, 15) is 22.8 Å². The molecule has 1 fully saturated rings. The van der Waals surface area contributed by atoms with Gasteiger partial charge in [0.25, 0.3) is 5.91 Å². The first-order valence-electron chi connectivity index (χ1n) is 11.6. The summed E-state index contributed by atoms with van der Waals surface area (Å²) >= 11 is 5.88. The quantitative estimate of drug-likeness (QED) is 0.456. The molecule has 0 saturated carbocycles. The summed E-state index contributed by atoms with van der Waals surface area (Å²) in [6, 6.07) is 2.52. The SMILES string of the molecule is CCc1nn(CCCOC(=O)c2ccc(C(F)(F)F)cc2Cl)c2c1C(=O)NCC1(CCOCC1)C2. The Hall–Kier alpha value is -2.59. The molecule has 7 nitrogen and oxygen atoms in total. The van der Waals surface area contributed by atoms with E-state index >= 15 is 0 Å². The molecule has 0 atom stereocenters. The third-order valence-electron chi connectivity index (χ3n) is 6.68. The zero-order chi connectivity index (χ0) is 25.2. The van der Waals surface area contributed by atoms with Gasteiger partial charge in [-0.05, 0) is 49.3 Å². The highest BCUT2D eigenvalue weighted by Gasteiger charge is 2.39. The van der Waals surface area contributed by atoms with E-state index in [0.29, 0.717) is 57.2 Å². The molecule has 1 saturated heterocycles. The number of ether oxygens (including phenoxy) is 2. The molecule has 1 aromatic heterocycles. The largest absolute Gasteiger partial charge is 0.462 e. The fourth-order valence-electron chi connectivity index (χ4n) is 4.67. The van der Waals surface area contributed by atoms with E-state index in [-0.39, 0.29) is 28.5 Å². The van der Waals surface area contributed by atoms with Crippen LogP contribution in [0.5, 0.6) is 0 Å². The van der Waals surface area contributed by atoms with Crippen LogP contribution < -0.4 is 5.32 Å². The number of nitrogens with zero attached hydrogens (tertiary/aromatic N) is 2. The van der Waals surface area contributed by atoms with Crippen LogP contribution in [0, 0.1) is 5.41 Å². The smallest absolute Gasteiger partial charge is 0.416 e. The van der Waals surface area contributed by atoms with Crippen molar-refractivity contribution in [2.45, 2.75) is 51.7 Å². The second kappa shape index (κ2) is 10.2. The molecule has 2 aliphatic heterocycles. The molecule has 190 valence electrons. The summed E-state index contributed by atoms with van der Waals surface area (Å²) < 4.78 is 51.0. The maximum atomic E-state index is 12.9. The molecule has 2 aliphatic rings. The number of aryl methyl sites for hydroxylation is 2. The number of hydrogen-bond donors (Lipinski definition) is 1. The predicted octanol–water partition coefficient (Wildman–Crippen LogP) is 4.45. The molecule has 1 spiro atoms. The highest BCUT2D eigenvalue weighted by Crippen LogP contribution is 2.37. The Morgan fingerprint density at radius 3 is 2.71 bits per heavy atom. The van der Waals surface area contributed by atoms with Crippen molar-refractivity contribution in [2.75, 3.05) is 26.4 Å². The fourth-order valence-corrected chi connectivity index (χ4v) is 4.93. The third-order valence-corrected chi connectivity index (χ3v) is 6.99. The maximum Gasteiger partial charge on any atom is 0.416 e.